The second-order valence-corrected chi connectivity index (χ2v) is 4.41. The van der Waals surface area contributed by atoms with Crippen LogP contribution in [0, 0.1) is 0 Å². The highest BCUT2D eigenvalue weighted by atomic mass is 16.4. The van der Waals surface area contributed by atoms with E-state index in [0.717, 1.165) is 0 Å². The number of nitrogens with zero attached hydrogens (tertiary/aromatic N) is 1. The molecule has 1 aromatic heterocycles. The molecule has 1 aromatic carbocycles. The number of carboxylic acid groups (broad SMARTS) is 1. The predicted octanol–water partition coefficient (Wildman–Crippen LogP) is 0.799. The van der Waals surface area contributed by atoms with Crippen LogP contribution in [0.5, 0.6) is 0 Å². The summed E-state index contributed by atoms with van der Waals surface area (Å²) in [6.07, 6.45) is 0.291. The number of hydrogen-bond donors (Lipinski definition) is 3. The van der Waals surface area contributed by atoms with Crippen molar-refractivity contribution in [2.24, 2.45) is 0 Å². The number of para-hydroxylation sites is 1. The van der Waals surface area contributed by atoms with Gasteiger partial charge in [-0.2, -0.15) is 0 Å². The van der Waals surface area contributed by atoms with E-state index in [4.69, 9.17) is 5.11 Å². The third-order valence-corrected chi connectivity index (χ3v) is 2.93. The number of rotatable bonds is 4. The quantitative estimate of drug-likeness (QED) is 0.765. The number of aliphatic hydroxyl groups is 1. The minimum atomic E-state index is -1.35. The van der Waals surface area contributed by atoms with E-state index in [9.17, 15) is 14.7 Å². The molecule has 104 valence electrons. The lowest BCUT2D eigenvalue weighted by Gasteiger charge is -2.17. The van der Waals surface area contributed by atoms with E-state index < -0.39 is 24.0 Å². The van der Waals surface area contributed by atoms with Crippen molar-refractivity contribution in [2.75, 3.05) is 0 Å². The molecule has 0 saturated carbocycles. The van der Waals surface area contributed by atoms with Crippen LogP contribution in [0.2, 0.25) is 0 Å². The average molecular weight is 274 g/mol. The Morgan fingerprint density at radius 3 is 2.60 bits per heavy atom. The molecule has 2 atom stereocenters. The highest BCUT2D eigenvalue weighted by Gasteiger charge is 2.26. The molecule has 0 aliphatic heterocycles. The minimum absolute atomic E-state index is 0.322. The van der Waals surface area contributed by atoms with Gasteiger partial charge in [0.05, 0.1) is 17.2 Å². The number of fused-ring (bicyclic) bond motifs is 1. The zero-order valence-corrected chi connectivity index (χ0v) is 10.8. The van der Waals surface area contributed by atoms with Crippen LogP contribution in [-0.2, 0) is 4.79 Å². The third kappa shape index (κ3) is 2.75. The van der Waals surface area contributed by atoms with Gasteiger partial charge in [0.1, 0.15) is 0 Å². The summed E-state index contributed by atoms with van der Waals surface area (Å²) in [4.78, 5) is 27.3. The maximum Gasteiger partial charge on any atom is 0.328 e. The lowest BCUT2D eigenvalue weighted by molar-refractivity contribution is -0.141. The number of aliphatic hydroxyl groups excluding tert-OH is 1. The van der Waals surface area contributed by atoms with Crippen LogP contribution in [-0.4, -0.2) is 39.2 Å². The van der Waals surface area contributed by atoms with Crippen molar-refractivity contribution >= 4 is 22.8 Å². The normalized spacial score (nSPS) is 13.7. The fourth-order valence-corrected chi connectivity index (χ4v) is 1.90. The van der Waals surface area contributed by atoms with Crippen LogP contribution in [0.4, 0.5) is 0 Å². The van der Waals surface area contributed by atoms with Crippen molar-refractivity contribution in [1.82, 2.24) is 10.3 Å². The van der Waals surface area contributed by atoms with Gasteiger partial charge in [0.2, 0.25) is 0 Å². The van der Waals surface area contributed by atoms with Crippen molar-refractivity contribution in [3.63, 3.8) is 0 Å². The van der Waals surface area contributed by atoms with Crippen LogP contribution in [0.25, 0.3) is 10.9 Å². The molecule has 2 aromatic rings. The van der Waals surface area contributed by atoms with Crippen molar-refractivity contribution in [1.29, 1.82) is 0 Å². The molecule has 2 unspecified atom stereocenters. The Labute approximate surface area is 115 Å². The first-order valence-corrected chi connectivity index (χ1v) is 6.06. The Balaban J connectivity index is 2.34. The van der Waals surface area contributed by atoms with Crippen molar-refractivity contribution in [3.05, 3.63) is 42.1 Å². The average Bonchev–Trinajstić information content (AvgIpc) is 2.43. The Morgan fingerprint density at radius 2 is 1.95 bits per heavy atom. The number of benzene rings is 1. The van der Waals surface area contributed by atoms with Gasteiger partial charge in [-0.25, -0.2) is 4.79 Å². The number of aliphatic carboxylic acids is 1. The van der Waals surface area contributed by atoms with Crippen molar-refractivity contribution in [3.8, 4) is 0 Å². The molecule has 0 aliphatic carbocycles. The molecule has 0 saturated heterocycles. The first-order valence-electron chi connectivity index (χ1n) is 6.06. The van der Waals surface area contributed by atoms with Gasteiger partial charge in [-0.15, -0.1) is 0 Å². The van der Waals surface area contributed by atoms with Gasteiger partial charge in [0.25, 0.3) is 5.91 Å². The van der Waals surface area contributed by atoms with E-state index in [1.165, 1.54) is 19.2 Å². The number of carbonyl (C=O) groups is 2. The number of carboxylic acids is 1. The Bertz CT molecular complexity index is 649. The standard InChI is InChI=1S/C14H14N2O4/c1-8(17)12(14(19)20)16-13(18)10-6-7-15-11-5-3-2-4-9(10)11/h2-8,12,17H,1H3,(H,16,18)(H,19,20). The molecule has 20 heavy (non-hydrogen) atoms. The summed E-state index contributed by atoms with van der Waals surface area (Å²) < 4.78 is 0. The maximum absolute atomic E-state index is 12.2. The highest BCUT2D eigenvalue weighted by Crippen LogP contribution is 2.16. The number of amides is 1. The Morgan fingerprint density at radius 1 is 1.25 bits per heavy atom. The van der Waals surface area contributed by atoms with Gasteiger partial charge in [-0.3, -0.25) is 9.78 Å². The van der Waals surface area contributed by atoms with Gasteiger partial charge < -0.3 is 15.5 Å². The van der Waals surface area contributed by atoms with Crippen LogP contribution in [0.3, 0.4) is 0 Å². The first kappa shape index (κ1) is 14.0. The monoisotopic (exact) mass is 274 g/mol. The van der Waals surface area contributed by atoms with Gasteiger partial charge in [0, 0.05) is 11.6 Å². The summed E-state index contributed by atoms with van der Waals surface area (Å²) in [6, 6.07) is 7.22. The Hall–Kier alpha value is -2.47. The Kier molecular flexibility index (Phi) is 3.95. The zero-order chi connectivity index (χ0) is 14.7. The van der Waals surface area contributed by atoms with Crippen LogP contribution < -0.4 is 5.32 Å². The number of carbonyl (C=O) groups excluding carboxylic acids is 1. The van der Waals surface area contributed by atoms with E-state index in [2.05, 4.69) is 10.3 Å². The molecule has 6 nitrogen and oxygen atoms in total. The van der Waals surface area contributed by atoms with Crippen LogP contribution in [0.1, 0.15) is 17.3 Å². The number of nitrogens with one attached hydrogen (secondary N) is 1. The molecular formula is C14H14N2O4. The number of pyridine rings is 1. The second kappa shape index (κ2) is 5.66. The van der Waals surface area contributed by atoms with Crippen LogP contribution in [0.15, 0.2) is 36.5 Å². The van der Waals surface area contributed by atoms with Gasteiger partial charge >= 0.3 is 5.97 Å². The van der Waals surface area contributed by atoms with Crippen molar-refractivity contribution < 1.29 is 19.8 Å². The van der Waals surface area contributed by atoms with E-state index in [0.29, 0.717) is 16.5 Å². The molecule has 0 radical (unpaired) electrons. The molecule has 6 heteroatoms. The topological polar surface area (TPSA) is 99.5 Å². The summed E-state index contributed by atoms with van der Waals surface area (Å²) in [5, 5.41) is 21.3. The van der Waals surface area contributed by atoms with E-state index >= 15 is 0 Å². The summed E-state index contributed by atoms with van der Waals surface area (Å²) in [6.45, 7) is 1.31. The number of hydrogen-bond acceptors (Lipinski definition) is 4. The fraction of sp³-hybridized carbons (Fsp3) is 0.214. The molecule has 3 N–H and O–H groups in total. The summed E-state index contributed by atoms with van der Waals surface area (Å²) in [7, 11) is 0. The van der Waals surface area contributed by atoms with Gasteiger partial charge in [-0.05, 0) is 19.1 Å². The molecule has 0 aliphatic rings. The SMILES string of the molecule is CC(O)C(NC(=O)c1ccnc2ccccc12)C(=O)O. The minimum Gasteiger partial charge on any atom is -0.480 e. The molecular weight excluding hydrogens is 260 g/mol. The smallest absolute Gasteiger partial charge is 0.328 e. The van der Waals surface area contributed by atoms with Crippen molar-refractivity contribution in [2.45, 2.75) is 19.1 Å². The largest absolute Gasteiger partial charge is 0.480 e. The van der Waals surface area contributed by atoms with E-state index in [-0.39, 0.29) is 0 Å². The first-order chi connectivity index (χ1) is 9.50. The zero-order valence-electron chi connectivity index (χ0n) is 10.8. The summed E-state index contributed by atoms with van der Waals surface area (Å²) >= 11 is 0. The molecule has 0 spiro atoms. The second-order valence-electron chi connectivity index (χ2n) is 4.41. The lowest BCUT2D eigenvalue weighted by Crippen LogP contribution is -2.47. The molecule has 0 fully saturated rings. The fourth-order valence-electron chi connectivity index (χ4n) is 1.90. The highest BCUT2D eigenvalue weighted by molar-refractivity contribution is 6.06. The lowest BCUT2D eigenvalue weighted by atomic mass is 10.1. The molecule has 1 heterocycles. The molecule has 1 amide bonds. The van der Waals surface area contributed by atoms with Crippen LogP contribution >= 0.6 is 0 Å². The maximum atomic E-state index is 12.2. The summed E-state index contributed by atoms with van der Waals surface area (Å²) in [5.74, 6) is -1.84. The molecule has 0 bridgehead atoms. The van der Waals surface area contributed by atoms with E-state index in [1.807, 2.05) is 0 Å². The third-order valence-electron chi connectivity index (χ3n) is 2.93. The number of aromatic nitrogens is 1. The predicted molar refractivity (Wildman–Crippen MR) is 72.3 cm³/mol. The van der Waals surface area contributed by atoms with E-state index in [1.54, 1.807) is 24.3 Å². The van der Waals surface area contributed by atoms with Gasteiger partial charge in [-0.1, -0.05) is 18.2 Å². The molecule has 2 rings (SSSR count). The van der Waals surface area contributed by atoms with Gasteiger partial charge in [0.15, 0.2) is 6.04 Å². The summed E-state index contributed by atoms with van der Waals surface area (Å²) in [5.41, 5.74) is 0.964.